The summed E-state index contributed by atoms with van der Waals surface area (Å²) in [5.74, 6) is -3.09. The fourth-order valence-electron chi connectivity index (χ4n) is 3.79. The van der Waals surface area contributed by atoms with Gasteiger partial charge >= 0.3 is 5.97 Å². The highest BCUT2D eigenvalue weighted by atomic mass is 16.8. The minimum Gasteiger partial charge on any atom is -0.504 e. The standard InChI is InChI=1S/C22H30O14/c1-32-12-6-10(2-4-11(12)25)3-5-15(26)33-8-14-17(28)20(31)22(9-24,35-14)36-21-19(30)18(29)16(27)13(7-23)34-21/h2-6,13-14,16-21,23-25,27-31H,7-9H2,1H3/b5-3+/t13-,14-,16-,17+,18+,19-,20+,21+,22+/m0/s1. The van der Waals surface area contributed by atoms with Crippen LogP contribution >= 0.6 is 0 Å². The van der Waals surface area contributed by atoms with Gasteiger partial charge in [0.25, 0.3) is 0 Å². The summed E-state index contributed by atoms with van der Waals surface area (Å²) < 4.78 is 26.0. The quantitative estimate of drug-likeness (QED) is 0.118. The van der Waals surface area contributed by atoms with Crippen molar-refractivity contribution in [3.05, 3.63) is 29.8 Å². The zero-order valence-electron chi connectivity index (χ0n) is 19.2. The van der Waals surface area contributed by atoms with E-state index in [1.54, 1.807) is 0 Å². The SMILES string of the molecule is COc1cc(/C=C/C(=O)OC[C@@H]2O[C@](CO)(O[C@H]3O[C@@H](CO)[C@H](O)[C@@H](O)[C@@H]3O)[C@H](O)[C@@H]2O)ccc1O. The summed E-state index contributed by atoms with van der Waals surface area (Å²) in [5, 5.41) is 79.6. The molecule has 0 radical (unpaired) electrons. The number of esters is 1. The molecule has 14 nitrogen and oxygen atoms in total. The normalized spacial score (nSPS) is 36.8. The van der Waals surface area contributed by atoms with Crippen LogP contribution in [0.5, 0.6) is 11.5 Å². The van der Waals surface area contributed by atoms with Gasteiger partial charge in [0.1, 0.15) is 55.9 Å². The van der Waals surface area contributed by atoms with Crippen LogP contribution in [0.2, 0.25) is 0 Å². The Morgan fingerprint density at radius 2 is 1.78 bits per heavy atom. The van der Waals surface area contributed by atoms with Crippen LogP contribution in [0.25, 0.3) is 6.08 Å². The second-order valence-electron chi connectivity index (χ2n) is 8.27. The van der Waals surface area contributed by atoms with E-state index in [0.717, 1.165) is 6.08 Å². The van der Waals surface area contributed by atoms with Gasteiger partial charge in [-0.25, -0.2) is 4.79 Å². The van der Waals surface area contributed by atoms with Crippen LogP contribution < -0.4 is 4.74 Å². The molecule has 0 unspecified atom stereocenters. The summed E-state index contributed by atoms with van der Waals surface area (Å²) in [6, 6.07) is 4.37. The van der Waals surface area contributed by atoms with Crippen molar-refractivity contribution in [3.8, 4) is 11.5 Å². The van der Waals surface area contributed by atoms with Gasteiger partial charge in [0.2, 0.25) is 5.79 Å². The third-order valence-electron chi connectivity index (χ3n) is 5.90. The molecule has 0 amide bonds. The lowest BCUT2D eigenvalue weighted by molar-refractivity contribution is -0.383. The highest BCUT2D eigenvalue weighted by molar-refractivity contribution is 5.87. The Morgan fingerprint density at radius 3 is 2.42 bits per heavy atom. The van der Waals surface area contributed by atoms with Crippen LogP contribution in [0.3, 0.4) is 0 Å². The largest absolute Gasteiger partial charge is 0.504 e. The van der Waals surface area contributed by atoms with Crippen LogP contribution in [0.4, 0.5) is 0 Å². The van der Waals surface area contributed by atoms with Gasteiger partial charge in [0.15, 0.2) is 17.8 Å². The van der Waals surface area contributed by atoms with Gasteiger partial charge in [0, 0.05) is 6.08 Å². The molecule has 202 valence electrons. The van der Waals surface area contributed by atoms with Crippen molar-refractivity contribution in [1.82, 2.24) is 0 Å². The van der Waals surface area contributed by atoms with Gasteiger partial charge < -0.3 is 64.5 Å². The maximum absolute atomic E-state index is 12.1. The topological polar surface area (TPSA) is 225 Å². The molecule has 1 aromatic rings. The number of aliphatic hydroxyl groups excluding tert-OH is 7. The predicted molar refractivity (Wildman–Crippen MR) is 116 cm³/mol. The Hall–Kier alpha value is -2.37. The maximum Gasteiger partial charge on any atom is 0.330 e. The van der Waals surface area contributed by atoms with E-state index in [9.17, 15) is 45.6 Å². The van der Waals surface area contributed by atoms with Gasteiger partial charge in [-0.3, -0.25) is 0 Å². The van der Waals surface area contributed by atoms with Crippen LogP contribution in [0.15, 0.2) is 24.3 Å². The summed E-state index contributed by atoms with van der Waals surface area (Å²) in [5.41, 5.74) is 0.515. The molecule has 8 N–H and O–H groups in total. The first kappa shape index (κ1) is 28.2. The molecular weight excluding hydrogens is 488 g/mol. The number of carbonyl (C=O) groups is 1. The number of benzene rings is 1. The highest BCUT2D eigenvalue weighted by Crippen LogP contribution is 2.36. The number of hydrogen-bond donors (Lipinski definition) is 8. The van der Waals surface area contributed by atoms with Crippen molar-refractivity contribution < 1.29 is 69.3 Å². The molecule has 1 aromatic carbocycles. The molecule has 0 saturated carbocycles. The molecule has 2 aliphatic rings. The molecule has 2 fully saturated rings. The number of carbonyl (C=O) groups excluding carboxylic acids is 1. The second kappa shape index (κ2) is 11.8. The third-order valence-corrected chi connectivity index (χ3v) is 5.90. The smallest absolute Gasteiger partial charge is 0.330 e. The van der Waals surface area contributed by atoms with Crippen molar-refractivity contribution in [2.24, 2.45) is 0 Å². The molecule has 2 aliphatic heterocycles. The summed E-state index contributed by atoms with van der Waals surface area (Å²) >= 11 is 0. The number of methoxy groups -OCH3 is 1. The van der Waals surface area contributed by atoms with Gasteiger partial charge in [-0.2, -0.15) is 0 Å². The van der Waals surface area contributed by atoms with E-state index >= 15 is 0 Å². The molecule has 0 aromatic heterocycles. The summed E-state index contributed by atoms with van der Waals surface area (Å²) in [7, 11) is 1.37. The fourth-order valence-corrected chi connectivity index (χ4v) is 3.79. The van der Waals surface area contributed by atoms with E-state index in [2.05, 4.69) is 0 Å². The van der Waals surface area contributed by atoms with E-state index in [0.29, 0.717) is 5.56 Å². The summed E-state index contributed by atoms with van der Waals surface area (Å²) in [4.78, 5) is 12.1. The number of phenols is 1. The minimum atomic E-state index is -2.36. The van der Waals surface area contributed by atoms with Crippen LogP contribution in [-0.2, 0) is 23.7 Å². The van der Waals surface area contributed by atoms with E-state index in [-0.39, 0.29) is 11.5 Å². The molecule has 0 aliphatic carbocycles. The molecule has 36 heavy (non-hydrogen) atoms. The first-order valence-electron chi connectivity index (χ1n) is 10.9. The number of phenolic OH excluding ortho intramolecular Hbond substituents is 1. The van der Waals surface area contributed by atoms with Crippen molar-refractivity contribution in [2.75, 3.05) is 26.9 Å². The number of ether oxygens (including phenoxy) is 5. The van der Waals surface area contributed by atoms with Gasteiger partial charge in [0.05, 0.1) is 13.7 Å². The summed E-state index contributed by atoms with van der Waals surface area (Å²) in [6.07, 6.45) is -11.0. The molecule has 14 heteroatoms. The molecular formula is C22H30O14. The zero-order chi connectivity index (χ0) is 26.6. The highest BCUT2D eigenvalue weighted by Gasteiger charge is 2.58. The lowest BCUT2D eigenvalue weighted by atomic mass is 9.99. The van der Waals surface area contributed by atoms with Crippen molar-refractivity contribution in [3.63, 3.8) is 0 Å². The Bertz CT molecular complexity index is 922. The van der Waals surface area contributed by atoms with Crippen molar-refractivity contribution in [2.45, 2.75) is 54.8 Å². The van der Waals surface area contributed by atoms with E-state index in [1.807, 2.05) is 0 Å². The number of aromatic hydroxyl groups is 1. The first-order chi connectivity index (χ1) is 17.1. The van der Waals surface area contributed by atoms with Crippen LogP contribution in [-0.4, -0.2) is 129 Å². The fraction of sp³-hybridized carbons (Fsp3) is 0.591. The first-order valence-corrected chi connectivity index (χ1v) is 10.9. The average molecular weight is 518 g/mol. The Labute approximate surface area is 205 Å². The monoisotopic (exact) mass is 518 g/mol. The summed E-state index contributed by atoms with van der Waals surface area (Å²) in [6.45, 7) is -2.36. The Balaban J connectivity index is 1.63. The molecule has 2 heterocycles. The number of hydrogen-bond acceptors (Lipinski definition) is 14. The molecule has 3 rings (SSSR count). The van der Waals surface area contributed by atoms with Crippen molar-refractivity contribution >= 4 is 12.0 Å². The lowest BCUT2D eigenvalue weighted by Gasteiger charge is -2.43. The van der Waals surface area contributed by atoms with E-state index < -0.39 is 80.6 Å². The maximum atomic E-state index is 12.1. The van der Waals surface area contributed by atoms with Gasteiger partial charge in [-0.05, 0) is 23.8 Å². The third kappa shape index (κ3) is 5.78. The van der Waals surface area contributed by atoms with E-state index in [4.69, 9.17) is 23.7 Å². The minimum absolute atomic E-state index is 0.0820. The molecule has 0 spiro atoms. The molecule has 2 saturated heterocycles. The number of rotatable bonds is 9. The second-order valence-corrected chi connectivity index (χ2v) is 8.27. The van der Waals surface area contributed by atoms with Gasteiger partial charge in [-0.1, -0.05) is 6.07 Å². The Kier molecular flexibility index (Phi) is 9.23. The zero-order valence-corrected chi connectivity index (χ0v) is 19.2. The van der Waals surface area contributed by atoms with Crippen LogP contribution in [0.1, 0.15) is 5.56 Å². The van der Waals surface area contributed by atoms with Crippen molar-refractivity contribution in [1.29, 1.82) is 0 Å². The lowest BCUT2D eigenvalue weighted by Crippen LogP contribution is -2.62. The Morgan fingerprint density at radius 1 is 1.06 bits per heavy atom. The molecule has 9 atom stereocenters. The number of aliphatic hydroxyl groups is 7. The van der Waals surface area contributed by atoms with Crippen LogP contribution in [0, 0.1) is 0 Å². The van der Waals surface area contributed by atoms with E-state index in [1.165, 1.54) is 31.4 Å². The average Bonchev–Trinajstić information content (AvgIpc) is 3.12. The molecule has 0 bridgehead atoms. The van der Waals surface area contributed by atoms with Gasteiger partial charge in [-0.15, -0.1) is 0 Å². The predicted octanol–water partition coefficient (Wildman–Crippen LogP) is -3.42.